The molecule has 0 aromatic heterocycles. The highest BCUT2D eigenvalue weighted by Crippen LogP contribution is 2.27. The molecular weight excluding hydrogens is 245 g/mol. The van der Waals surface area contributed by atoms with E-state index < -0.39 is 6.36 Å². The molecule has 90 valence electrons. The first-order valence-corrected chi connectivity index (χ1v) is 4.91. The summed E-state index contributed by atoms with van der Waals surface area (Å²) < 4.78 is 44.7. The molecule has 1 aromatic rings. The number of ether oxygens (including phenoxy) is 2. The minimum Gasteiger partial charge on any atom is -0.406 e. The number of benzene rings is 1. The Morgan fingerprint density at radius 3 is 2.50 bits per heavy atom. The van der Waals surface area contributed by atoms with Crippen LogP contribution in [0.5, 0.6) is 5.75 Å². The molecule has 0 aliphatic carbocycles. The summed E-state index contributed by atoms with van der Waals surface area (Å²) in [4.78, 5) is 0. The van der Waals surface area contributed by atoms with Crippen LogP contribution in [0.1, 0.15) is 12.5 Å². The molecule has 0 bridgehead atoms. The first kappa shape index (κ1) is 13.1. The summed E-state index contributed by atoms with van der Waals surface area (Å²) in [6.45, 7) is 2.46. The minimum atomic E-state index is -4.71. The molecule has 0 spiro atoms. The Bertz CT molecular complexity index is 352. The van der Waals surface area contributed by atoms with Gasteiger partial charge in [-0.2, -0.15) is 0 Å². The summed E-state index contributed by atoms with van der Waals surface area (Å²) in [5, 5.41) is 0.177. The molecule has 0 saturated carbocycles. The highest BCUT2D eigenvalue weighted by molar-refractivity contribution is 6.30. The third-order valence-electron chi connectivity index (χ3n) is 1.64. The van der Waals surface area contributed by atoms with Crippen LogP contribution >= 0.6 is 11.6 Å². The molecule has 0 saturated heterocycles. The second kappa shape index (κ2) is 5.41. The maximum atomic E-state index is 12.0. The SMILES string of the molecule is CCOCc1cc(Cl)cc(OC(F)(F)F)c1. The summed E-state index contributed by atoms with van der Waals surface area (Å²) in [5.74, 6) is -0.338. The Labute approximate surface area is 95.9 Å². The second-order valence-electron chi connectivity index (χ2n) is 2.98. The van der Waals surface area contributed by atoms with Gasteiger partial charge < -0.3 is 9.47 Å². The Kier molecular flexibility index (Phi) is 4.44. The van der Waals surface area contributed by atoms with Crippen molar-refractivity contribution >= 4 is 11.6 Å². The van der Waals surface area contributed by atoms with Gasteiger partial charge in [0.2, 0.25) is 0 Å². The van der Waals surface area contributed by atoms with Crippen LogP contribution in [0.15, 0.2) is 18.2 Å². The van der Waals surface area contributed by atoms with Gasteiger partial charge in [-0.25, -0.2) is 0 Å². The van der Waals surface area contributed by atoms with E-state index in [-0.39, 0.29) is 17.4 Å². The zero-order valence-electron chi connectivity index (χ0n) is 8.47. The van der Waals surface area contributed by atoms with Crippen molar-refractivity contribution in [2.45, 2.75) is 19.9 Å². The smallest absolute Gasteiger partial charge is 0.406 e. The third-order valence-corrected chi connectivity index (χ3v) is 1.86. The van der Waals surface area contributed by atoms with Crippen molar-refractivity contribution in [3.05, 3.63) is 28.8 Å². The van der Waals surface area contributed by atoms with Crippen LogP contribution in [-0.4, -0.2) is 13.0 Å². The summed E-state index contributed by atoms with van der Waals surface area (Å²) in [6, 6.07) is 3.87. The van der Waals surface area contributed by atoms with Gasteiger partial charge in [0.1, 0.15) is 5.75 Å². The van der Waals surface area contributed by atoms with Crippen molar-refractivity contribution in [3.8, 4) is 5.75 Å². The standard InChI is InChI=1S/C10H10ClF3O2/c1-2-15-6-7-3-8(11)5-9(4-7)16-10(12,13)14/h3-5H,2,6H2,1H3. The van der Waals surface area contributed by atoms with Gasteiger partial charge in [-0.3, -0.25) is 0 Å². The van der Waals surface area contributed by atoms with Crippen molar-refractivity contribution in [1.29, 1.82) is 0 Å². The molecule has 0 aliphatic rings. The predicted molar refractivity (Wildman–Crippen MR) is 53.5 cm³/mol. The van der Waals surface area contributed by atoms with Gasteiger partial charge in [-0.05, 0) is 30.7 Å². The lowest BCUT2D eigenvalue weighted by Gasteiger charge is -2.10. The maximum absolute atomic E-state index is 12.0. The monoisotopic (exact) mass is 254 g/mol. The molecule has 6 heteroatoms. The molecule has 0 amide bonds. The first-order chi connectivity index (χ1) is 7.40. The van der Waals surface area contributed by atoms with Gasteiger partial charge in [-0.1, -0.05) is 11.6 Å². The van der Waals surface area contributed by atoms with Gasteiger partial charge >= 0.3 is 6.36 Å². The van der Waals surface area contributed by atoms with Gasteiger partial charge in [-0.15, -0.1) is 13.2 Å². The Morgan fingerprint density at radius 2 is 1.94 bits per heavy atom. The Hall–Kier alpha value is -0.940. The minimum absolute atomic E-state index is 0.177. The largest absolute Gasteiger partial charge is 0.573 e. The molecule has 0 atom stereocenters. The average molecular weight is 255 g/mol. The van der Waals surface area contributed by atoms with E-state index in [0.29, 0.717) is 12.2 Å². The quantitative estimate of drug-likeness (QED) is 0.814. The summed E-state index contributed by atoms with van der Waals surface area (Å²) in [6.07, 6.45) is -4.71. The first-order valence-electron chi connectivity index (χ1n) is 4.53. The van der Waals surface area contributed by atoms with E-state index in [4.69, 9.17) is 16.3 Å². The molecule has 0 heterocycles. The number of hydrogen-bond acceptors (Lipinski definition) is 2. The lowest BCUT2D eigenvalue weighted by molar-refractivity contribution is -0.274. The van der Waals surface area contributed by atoms with Crippen LogP contribution < -0.4 is 4.74 Å². The average Bonchev–Trinajstić information content (AvgIpc) is 2.10. The van der Waals surface area contributed by atoms with Crippen molar-refractivity contribution in [3.63, 3.8) is 0 Å². The Morgan fingerprint density at radius 1 is 1.25 bits per heavy atom. The second-order valence-corrected chi connectivity index (χ2v) is 3.42. The number of rotatable bonds is 4. The van der Waals surface area contributed by atoms with Crippen molar-refractivity contribution in [1.82, 2.24) is 0 Å². The van der Waals surface area contributed by atoms with Crippen molar-refractivity contribution in [2.24, 2.45) is 0 Å². The summed E-state index contributed by atoms with van der Waals surface area (Å²) >= 11 is 5.65. The summed E-state index contributed by atoms with van der Waals surface area (Å²) in [7, 11) is 0. The normalized spacial score (nSPS) is 11.6. The number of hydrogen-bond donors (Lipinski definition) is 0. The van der Waals surface area contributed by atoms with E-state index in [0.717, 1.165) is 6.07 Å². The third kappa shape index (κ3) is 4.72. The zero-order valence-corrected chi connectivity index (χ0v) is 9.23. The molecule has 0 unspecified atom stereocenters. The Balaban J connectivity index is 2.81. The van der Waals surface area contributed by atoms with E-state index in [1.54, 1.807) is 6.92 Å². The van der Waals surface area contributed by atoms with Gasteiger partial charge in [0.05, 0.1) is 6.61 Å². The van der Waals surface area contributed by atoms with Crippen LogP contribution in [0, 0.1) is 0 Å². The zero-order chi connectivity index (χ0) is 12.2. The van der Waals surface area contributed by atoms with E-state index >= 15 is 0 Å². The highest BCUT2D eigenvalue weighted by Gasteiger charge is 2.31. The van der Waals surface area contributed by atoms with E-state index in [9.17, 15) is 13.2 Å². The van der Waals surface area contributed by atoms with E-state index in [2.05, 4.69) is 4.74 Å². The fourth-order valence-electron chi connectivity index (χ4n) is 1.12. The molecule has 0 N–H and O–H groups in total. The number of halogens is 4. The maximum Gasteiger partial charge on any atom is 0.573 e. The summed E-state index contributed by atoms with van der Waals surface area (Å²) in [5.41, 5.74) is 0.536. The molecule has 16 heavy (non-hydrogen) atoms. The fraction of sp³-hybridized carbons (Fsp3) is 0.400. The molecule has 0 fully saturated rings. The van der Waals surface area contributed by atoms with Crippen LogP contribution in [0.2, 0.25) is 5.02 Å². The van der Waals surface area contributed by atoms with Crippen molar-refractivity contribution < 1.29 is 22.6 Å². The van der Waals surface area contributed by atoms with Gasteiger partial charge in [0.15, 0.2) is 0 Å². The lowest BCUT2D eigenvalue weighted by Crippen LogP contribution is -2.17. The van der Waals surface area contributed by atoms with E-state index in [1.807, 2.05) is 0 Å². The molecule has 0 aliphatic heterocycles. The van der Waals surface area contributed by atoms with Crippen LogP contribution in [0.25, 0.3) is 0 Å². The van der Waals surface area contributed by atoms with Crippen molar-refractivity contribution in [2.75, 3.05) is 6.61 Å². The molecule has 0 radical (unpaired) electrons. The van der Waals surface area contributed by atoms with Gasteiger partial charge in [0, 0.05) is 11.6 Å². The highest BCUT2D eigenvalue weighted by atomic mass is 35.5. The van der Waals surface area contributed by atoms with E-state index in [1.165, 1.54) is 12.1 Å². The molecular formula is C10H10ClF3O2. The van der Waals surface area contributed by atoms with Crippen LogP contribution in [0.4, 0.5) is 13.2 Å². The van der Waals surface area contributed by atoms with Crippen LogP contribution in [0.3, 0.4) is 0 Å². The molecule has 2 nitrogen and oxygen atoms in total. The molecule has 1 aromatic carbocycles. The topological polar surface area (TPSA) is 18.5 Å². The number of alkyl halides is 3. The lowest BCUT2D eigenvalue weighted by atomic mass is 10.2. The van der Waals surface area contributed by atoms with Gasteiger partial charge in [0.25, 0.3) is 0 Å². The molecule has 1 rings (SSSR count). The fourth-order valence-corrected chi connectivity index (χ4v) is 1.36. The predicted octanol–water partition coefficient (Wildman–Crippen LogP) is 3.78. The van der Waals surface area contributed by atoms with Crippen LogP contribution in [-0.2, 0) is 11.3 Å².